The predicted molar refractivity (Wildman–Crippen MR) is 91.0 cm³/mol. The van der Waals surface area contributed by atoms with E-state index in [0.29, 0.717) is 12.3 Å². The van der Waals surface area contributed by atoms with Crippen LogP contribution in [0.3, 0.4) is 0 Å². The largest absolute Gasteiger partial charge is 0.378 e. The lowest BCUT2D eigenvalue weighted by molar-refractivity contribution is -0.116. The van der Waals surface area contributed by atoms with Crippen molar-refractivity contribution in [2.75, 3.05) is 24.3 Å². The van der Waals surface area contributed by atoms with E-state index < -0.39 is 0 Å². The lowest BCUT2D eigenvalue weighted by atomic mass is 9.77. The van der Waals surface area contributed by atoms with Crippen LogP contribution < -0.4 is 10.2 Å². The zero-order valence-corrected chi connectivity index (χ0v) is 13.6. The van der Waals surface area contributed by atoms with Crippen LogP contribution in [0.2, 0.25) is 0 Å². The van der Waals surface area contributed by atoms with Crippen LogP contribution in [-0.4, -0.2) is 30.2 Å². The van der Waals surface area contributed by atoms with Crippen molar-refractivity contribution in [3.63, 3.8) is 0 Å². The molecule has 5 heteroatoms. The molecule has 2 aliphatic rings. The van der Waals surface area contributed by atoms with Crippen molar-refractivity contribution >= 4 is 17.4 Å². The van der Waals surface area contributed by atoms with Gasteiger partial charge in [-0.15, -0.1) is 0 Å². The van der Waals surface area contributed by atoms with E-state index in [2.05, 4.69) is 44.7 Å². The van der Waals surface area contributed by atoms with E-state index in [4.69, 9.17) is 0 Å². The van der Waals surface area contributed by atoms with Crippen LogP contribution >= 0.6 is 0 Å². The topological polar surface area (TPSA) is 61.0 Å². The van der Waals surface area contributed by atoms with Gasteiger partial charge in [0.25, 0.3) is 0 Å². The Hall–Kier alpha value is -2.30. The van der Waals surface area contributed by atoms with Crippen LogP contribution in [0.25, 0.3) is 0 Å². The number of nitrogens with zero attached hydrogens (tertiary/aromatic N) is 2. The summed E-state index contributed by atoms with van der Waals surface area (Å²) in [4.78, 5) is 14.2. The van der Waals surface area contributed by atoms with Crippen LogP contribution in [0.4, 0.5) is 11.5 Å². The molecule has 2 heterocycles. The predicted octanol–water partition coefficient (Wildman–Crippen LogP) is 3.22. The third-order valence-corrected chi connectivity index (χ3v) is 5.15. The molecule has 2 aromatic rings. The molecule has 5 nitrogen and oxygen atoms in total. The fraction of sp³-hybridized carbons (Fsp3) is 0.444. The third kappa shape index (κ3) is 2.40. The Morgan fingerprint density at radius 2 is 1.91 bits per heavy atom. The second-order valence-electron chi connectivity index (χ2n) is 6.82. The molecule has 1 aromatic carbocycles. The van der Waals surface area contributed by atoms with Crippen molar-refractivity contribution in [2.24, 2.45) is 0 Å². The maximum Gasteiger partial charge on any atom is 0.226 e. The smallest absolute Gasteiger partial charge is 0.226 e. The molecule has 0 radical (unpaired) electrons. The summed E-state index contributed by atoms with van der Waals surface area (Å²) < 4.78 is 0. The first-order chi connectivity index (χ1) is 11.1. The van der Waals surface area contributed by atoms with Crippen molar-refractivity contribution in [1.82, 2.24) is 10.2 Å². The highest BCUT2D eigenvalue weighted by Crippen LogP contribution is 2.45. The van der Waals surface area contributed by atoms with Gasteiger partial charge in [0.05, 0.1) is 0 Å². The molecule has 1 atom stereocenters. The van der Waals surface area contributed by atoms with Gasteiger partial charge in [-0.05, 0) is 30.5 Å². The van der Waals surface area contributed by atoms with Gasteiger partial charge in [-0.2, -0.15) is 5.10 Å². The number of aromatic amines is 1. The Balaban J connectivity index is 1.74. The fourth-order valence-electron chi connectivity index (χ4n) is 3.58. The zero-order valence-electron chi connectivity index (χ0n) is 13.6. The van der Waals surface area contributed by atoms with Crippen molar-refractivity contribution in [2.45, 2.75) is 37.5 Å². The number of carbonyl (C=O) groups is 1. The van der Waals surface area contributed by atoms with Gasteiger partial charge in [0, 0.05) is 49.3 Å². The van der Waals surface area contributed by atoms with Gasteiger partial charge in [0.1, 0.15) is 0 Å². The molecule has 1 amide bonds. The van der Waals surface area contributed by atoms with E-state index in [1.165, 1.54) is 41.8 Å². The van der Waals surface area contributed by atoms with Gasteiger partial charge in [0.2, 0.25) is 5.91 Å². The Bertz CT molecular complexity index is 728. The van der Waals surface area contributed by atoms with Crippen LogP contribution in [0.5, 0.6) is 0 Å². The summed E-state index contributed by atoms with van der Waals surface area (Å²) in [6, 6.07) is 8.51. The maximum atomic E-state index is 12.1. The molecule has 4 rings (SSSR count). The number of fused-ring (bicyclic) bond motifs is 1. The summed E-state index contributed by atoms with van der Waals surface area (Å²) in [6.07, 6.45) is 4.21. The molecule has 1 aliphatic heterocycles. The Labute approximate surface area is 136 Å². The van der Waals surface area contributed by atoms with Gasteiger partial charge in [-0.3, -0.25) is 9.89 Å². The highest BCUT2D eigenvalue weighted by molar-refractivity contribution is 5.94. The minimum atomic E-state index is 0.0471. The van der Waals surface area contributed by atoms with Crippen LogP contribution in [0, 0.1) is 0 Å². The second-order valence-corrected chi connectivity index (χ2v) is 6.82. The van der Waals surface area contributed by atoms with Crippen LogP contribution in [0.1, 0.15) is 54.3 Å². The molecular weight excluding hydrogens is 288 g/mol. The van der Waals surface area contributed by atoms with E-state index in [0.717, 1.165) is 5.82 Å². The fourth-order valence-corrected chi connectivity index (χ4v) is 3.58. The molecule has 1 unspecified atom stereocenters. The molecule has 0 spiro atoms. The van der Waals surface area contributed by atoms with Gasteiger partial charge < -0.3 is 10.2 Å². The number of amides is 1. The number of nitrogens with one attached hydrogen (secondary N) is 2. The summed E-state index contributed by atoms with van der Waals surface area (Å²) >= 11 is 0. The van der Waals surface area contributed by atoms with Gasteiger partial charge in [-0.25, -0.2) is 0 Å². The SMILES string of the molecule is CN(C)c1ccc(C2CC(=O)Nc3n[nH]c(C4CCC4)c32)cc1. The Kier molecular flexibility index (Phi) is 3.36. The molecule has 23 heavy (non-hydrogen) atoms. The normalized spacial score (nSPS) is 20.6. The van der Waals surface area contributed by atoms with Crippen molar-refractivity contribution < 1.29 is 4.79 Å². The summed E-state index contributed by atoms with van der Waals surface area (Å²) in [5, 5.41) is 10.5. The summed E-state index contributed by atoms with van der Waals surface area (Å²) in [5.41, 5.74) is 4.79. The van der Waals surface area contributed by atoms with Crippen molar-refractivity contribution in [1.29, 1.82) is 0 Å². The quantitative estimate of drug-likeness (QED) is 0.915. The number of benzene rings is 1. The second kappa shape index (κ2) is 5.41. The Morgan fingerprint density at radius 1 is 1.17 bits per heavy atom. The minimum Gasteiger partial charge on any atom is -0.378 e. The first kappa shape index (κ1) is 14.3. The first-order valence-electron chi connectivity index (χ1n) is 8.29. The molecular formula is C18H22N4O. The third-order valence-electron chi connectivity index (χ3n) is 5.15. The number of aromatic nitrogens is 2. The highest BCUT2D eigenvalue weighted by Gasteiger charge is 2.35. The average molecular weight is 310 g/mol. The van der Waals surface area contributed by atoms with Crippen LogP contribution in [-0.2, 0) is 4.79 Å². The van der Waals surface area contributed by atoms with Crippen molar-refractivity contribution in [3.05, 3.63) is 41.1 Å². The maximum absolute atomic E-state index is 12.1. The standard InChI is InChI=1S/C18H22N4O/c1-22(2)13-8-6-11(7-9-13)14-10-15(23)19-18-16(14)17(20-21-18)12-4-3-5-12/h6-9,12,14H,3-5,10H2,1-2H3,(H2,19,20,21,23). The highest BCUT2D eigenvalue weighted by atomic mass is 16.1. The number of H-pyrrole nitrogens is 1. The number of hydrogen-bond acceptors (Lipinski definition) is 3. The van der Waals surface area contributed by atoms with Gasteiger partial charge in [0.15, 0.2) is 5.82 Å². The average Bonchev–Trinajstić information content (AvgIpc) is 2.88. The molecule has 1 fully saturated rings. The summed E-state index contributed by atoms with van der Waals surface area (Å²) in [6.45, 7) is 0. The lowest BCUT2D eigenvalue weighted by Crippen LogP contribution is -2.24. The Morgan fingerprint density at radius 3 is 2.52 bits per heavy atom. The molecule has 0 saturated heterocycles. The van der Waals surface area contributed by atoms with E-state index in [1.807, 2.05) is 14.1 Å². The molecule has 120 valence electrons. The van der Waals surface area contributed by atoms with Gasteiger partial charge in [-0.1, -0.05) is 18.6 Å². The lowest BCUT2D eigenvalue weighted by Gasteiger charge is -2.29. The summed E-state index contributed by atoms with van der Waals surface area (Å²) in [7, 11) is 4.07. The van der Waals surface area contributed by atoms with E-state index in [9.17, 15) is 4.79 Å². The summed E-state index contributed by atoms with van der Waals surface area (Å²) in [5.74, 6) is 1.45. The minimum absolute atomic E-state index is 0.0471. The van der Waals surface area contributed by atoms with E-state index >= 15 is 0 Å². The van der Waals surface area contributed by atoms with E-state index in [1.54, 1.807) is 0 Å². The number of carbonyl (C=O) groups excluding carboxylic acids is 1. The monoisotopic (exact) mass is 310 g/mol. The molecule has 1 saturated carbocycles. The van der Waals surface area contributed by atoms with Crippen LogP contribution in [0.15, 0.2) is 24.3 Å². The molecule has 0 bridgehead atoms. The molecule has 1 aliphatic carbocycles. The van der Waals surface area contributed by atoms with E-state index in [-0.39, 0.29) is 11.8 Å². The number of hydrogen-bond donors (Lipinski definition) is 2. The number of anilines is 2. The first-order valence-corrected chi connectivity index (χ1v) is 8.29. The van der Waals surface area contributed by atoms with Crippen molar-refractivity contribution in [3.8, 4) is 0 Å². The molecule has 1 aromatic heterocycles. The zero-order chi connectivity index (χ0) is 16.0. The number of rotatable bonds is 3. The van der Waals surface area contributed by atoms with Gasteiger partial charge >= 0.3 is 0 Å². The molecule has 2 N–H and O–H groups in total.